The smallest absolute Gasteiger partial charge is 0.416 e. The van der Waals surface area contributed by atoms with Crippen molar-refractivity contribution in [3.05, 3.63) is 64.0 Å². The number of fused-ring (bicyclic) bond motifs is 1. The molecule has 0 radical (unpaired) electrons. The molecule has 0 aliphatic rings. The fourth-order valence-corrected chi connectivity index (χ4v) is 2.61. The van der Waals surface area contributed by atoms with Crippen LogP contribution < -0.4 is 5.63 Å². The van der Waals surface area contributed by atoms with Crippen molar-refractivity contribution < 1.29 is 22.7 Å². The first kappa shape index (κ1) is 16.1. The Morgan fingerprint density at radius 3 is 2.46 bits per heavy atom. The van der Waals surface area contributed by atoms with Crippen LogP contribution >= 0.6 is 0 Å². The van der Waals surface area contributed by atoms with Gasteiger partial charge in [-0.15, -0.1) is 0 Å². The maximum Gasteiger partial charge on any atom is 0.416 e. The molecule has 0 bridgehead atoms. The van der Waals surface area contributed by atoms with Crippen molar-refractivity contribution in [1.82, 2.24) is 0 Å². The van der Waals surface area contributed by atoms with Crippen LogP contribution in [0.15, 0.2) is 51.7 Å². The summed E-state index contributed by atoms with van der Waals surface area (Å²) in [6.45, 7) is 1.72. The lowest BCUT2D eigenvalue weighted by Gasteiger charge is -2.12. The van der Waals surface area contributed by atoms with Crippen LogP contribution in [0, 0.1) is 0 Å². The fourth-order valence-electron chi connectivity index (χ4n) is 2.61. The SMILES string of the molecule is CCc1cc(C(F)(F)F)ccc1-c1cc2ccc(O)cc2oc1=O. The van der Waals surface area contributed by atoms with E-state index in [1.807, 2.05) is 0 Å². The minimum atomic E-state index is -4.44. The summed E-state index contributed by atoms with van der Waals surface area (Å²) in [4.78, 5) is 12.2. The summed E-state index contributed by atoms with van der Waals surface area (Å²) in [7, 11) is 0. The molecule has 1 N–H and O–H groups in total. The number of hydrogen-bond acceptors (Lipinski definition) is 3. The van der Waals surface area contributed by atoms with Crippen molar-refractivity contribution >= 4 is 11.0 Å². The van der Waals surface area contributed by atoms with Crippen molar-refractivity contribution in [2.75, 3.05) is 0 Å². The minimum Gasteiger partial charge on any atom is -0.508 e. The van der Waals surface area contributed by atoms with Crippen LogP contribution in [0.1, 0.15) is 18.1 Å². The molecule has 1 heterocycles. The van der Waals surface area contributed by atoms with Gasteiger partial charge >= 0.3 is 11.8 Å². The second-order valence-corrected chi connectivity index (χ2v) is 5.39. The molecular formula is C18H13F3O3. The molecule has 2 aromatic carbocycles. The number of halogens is 3. The zero-order valence-electron chi connectivity index (χ0n) is 12.6. The number of rotatable bonds is 2. The first-order chi connectivity index (χ1) is 11.3. The van der Waals surface area contributed by atoms with Gasteiger partial charge in [-0.05, 0) is 47.9 Å². The lowest BCUT2D eigenvalue weighted by atomic mass is 9.96. The number of hydrogen-bond donors (Lipinski definition) is 1. The zero-order chi connectivity index (χ0) is 17.5. The third kappa shape index (κ3) is 2.87. The highest BCUT2D eigenvalue weighted by Crippen LogP contribution is 2.33. The Morgan fingerprint density at radius 1 is 1.04 bits per heavy atom. The number of benzene rings is 2. The highest BCUT2D eigenvalue weighted by molar-refractivity contribution is 5.83. The molecule has 1 aromatic heterocycles. The average molecular weight is 334 g/mol. The summed E-state index contributed by atoms with van der Waals surface area (Å²) in [5.74, 6) is -0.0397. The average Bonchev–Trinajstić information content (AvgIpc) is 2.52. The van der Waals surface area contributed by atoms with E-state index in [2.05, 4.69) is 0 Å². The van der Waals surface area contributed by atoms with Crippen LogP contribution in [-0.2, 0) is 12.6 Å². The van der Waals surface area contributed by atoms with E-state index in [0.717, 1.165) is 12.1 Å². The topological polar surface area (TPSA) is 50.4 Å². The predicted molar refractivity (Wildman–Crippen MR) is 84.0 cm³/mol. The number of aromatic hydroxyl groups is 1. The van der Waals surface area contributed by atoms with Crippen LogP contribution in [0.3, 0.4) is 0 Å². The van der Waals surface area contributed by atoms with E-state index in [1.165, 1.54) is 18.2 Å². The molecule has 0 aliphatic carbocycles. The molecule has 24 heavy (non-hydrogen) atoms. The lowest BCUT2D eigenvalue weighted by molar-refractivity contribution is -0.137. The van der Waals surface area contributed by atoms with Gasteiger partial charge in [0.1, 0.15) is 11.3 Å². The van der Waals surface area contributed by atoms with Gasteiger partial charge in [0, 0.05) is 11.5 Å². The van der Waals surface area contributed by atoms with Gasteiger partial charge in [-0.3, -0.25) is 0 Å². The van der Waals surface area contributed by atoms with E-state index in [1.54, 1.807) is 19.1 Å². The number of alkyl halides is 3. The van der Waals surface area contributed by atoms with Gasteiger partial charge in [-0.2, -0.15) is 13.2 Å². The molecule has 3 nitrogen and oxygen atoms in total. The molecule has 3 rings (SSSR count). The van der Waals surface area contributed by atoms with Crippen molar-refractivity contribution in [2.24, 2.45) is 0 Å². The van der Waals surface area contributed by atoms with Crippen molar-refractivity contribution in [1.29, 1.82) is 0 Å². The number of phenolic OH excluding ortho intramolecular Hbond substituents is 1. The van der Waals surface area contributed by atoms with E-state index < -0.39 is 17.4 Å². The van der Waals surface area contributed by atoms with Gasteiger partial charge < -0.3 is 9.52 Å². The second kappa shape index (κ2) is 5.70. The minimum absolute atomic E-state index is 0.0397. The first-order valence-electron chi connectivity index (χ1n) is 7.27. The molecule has 124 valence electrons. The normalized spacial score (nSPS) is 11.8. The van der Waals surface area contributed by atoms with E-state index in [0.29, 0.717) is 22.9 Å². The molecule has 0 fully saturated rings. The Kier molecular flexibility index (Phi) is 3.83. The lowest BCUT2D eigenvalue weighted by Crippen LogP contribution is -2.08. The Labute approximate surface area is 135 Å². The summed E-state index contributed by atoms with van der Waals surface area (Å²) >= 11 is 0. The third-order valence-electron chi connectivity index (χ3n) is 3.82. The summed E-state index contributed by atoms with van der Waals surface area (Å²) in [5, 5.41) is 10.0. The highest BCUT2D eigenvalue weighted by Gasteiger charge is 2.31. The maximum atomic E-state index is 12.9. The van der Waals surface area contributed by atoms with Crippen molar-refractivity contribution in [2.45, 2.75) is 19.5 Å². The molecule has 0 aliphatic heterocycles. The molecule has 0 unspecified atom stereocenters. The molecule has 6 heteroatoms. The van der Waals surface area contributed by atoms with Crippen molar-refractivity contribution in [3.63, 3.8) is 0 Å². The number of phenols is 1. The molecule has 0 atom stereocenters. The molecule has 0 amide bonds. The van der Waals surface area contributed by atoms with Gasteiger partial charge in [0.2, 0.25) is 0 Å². The van der Waals surface area contributed by atoms with Crippen LogP contribution in [-0.4, -0.2) is 5.11 Å². The molecule has 3 aromatic rings. The largest absolute Gasteiger partial charge is 0.508 e. The highest BCUT2D eigenvalue weighted by atomic mass is 19.4. The van der Waals surface area contributed by atoms with Crippen LogP contribution in [0.2, 0.25) is 0 Å². The van der Waals surface area contributed by atoms with Crippen LogP contribution in [0.25, 0.3) is 22.1 Å². The Balaban J connectivity index is 2.22. The van der Waals surface area contributed by atoms with E-state index >= 15 is 0 Å². The first-order valence-corrected chi connectivity index (χ1v) is 7.27. The van der Waals surface area contributed by atoms with Gasteiger partial charge in [0.25, 0.3) is 0 Å². The third-order valence-corrected chi connectivity index (χ3v) is 3.82. The van der Waals surface area contributed by atoms with E-state index in [4.69, 9.17) is 4.42 Å². The molecule has 0 saturated carbocycles. The van der Waals surface area contributed by atoms with Gasteiger partial charge in [0.15, 0.2) is 0 Å². The zero-order valence-corrected chi connectivity index (χ0v) is 12.6. The van der Waals surface area contributed by atoms with Gasteiger partial charge in [0.05, 0.1) is 11.1 Å². The van der Waals surface area contributed by atoms with Crippen LogP contribution in [0.4, 0.5) is 13.2 Å². The monoisotopic (exact) mass is 334 g/mol. The van der Waals surface area contributed by atoms with Gasteiger partial charge in [-0.25, -0.2) is 4.79 Å². The van der Waals surface area contributed by atoms with E-state index in [9.17, 15) is 23.1 Å². The summed E-state index contributed by atoms with van der Waals surface area (Å²) in [6, 6.07) is 9.19. The quantitative estimate of drug-likeness (QED) is 0.688. The standard InChI is InChI=1S/C18H13F3O3/c1-2-10-7-12(18(19,20)21)4-6-14(10)15-8-11-3-5-13(22)9-16(11)24-17(15)23/h3-9,22H,2H2,1H3. The summed E-state index contributed by atoms with van der Waals surface area (Å²) in [6.07, 6.45) is -4.10. The summed E-state index contributed by atoms with van der Waals surface area (Å²) in [5.41, 5.74) is -0.183. The van der Waals surface area contributed by atoms with E-state index in [-0.39, 0.29) is 16.9 Å². The summed E-state index contributed by atoms with van der Waals surface area (Å²) < 4.78 is 43.8. The Morgan fingerprint density at radius 2 is 1.79 bits per heavy atom. The predicted octanol–water partition coefficient (Wildman–Crippen LogP) is 4.75. The number of aryl methyl sites for hydroxylation is 1. The molecule has 0 saturated heterocycles. The molecule has 0 spiro atoms. The second-order valence-electron chi connectivity index (χ2n) is 5.39. The van der Waals surface area contributed by atoms with Crippen molar-refractivity contribution in [3.8, 4) is 16.9 Å². The fraction of sp³-hybridized carbons (Fsp3) is 0.167. The Bertz CT molecular complexity index is 971. The Hall–Kier alpha value is -2.76. The molecular weight excluding hydrogens is 321 g/mol. The van der Waals surface area contributed by atoms with Crippen LogP contribution in [0.5, 0.6) is 5.75 Å². The van der Waals surface area contributed by atoms with Gasteiger partial charge in [-0.1, -0.05) is 13.0 Å². The maximum absolute atomic E-state index is 12.9.